The molecule has 2 heterocycles. The predicted molar refractivity (Wildman–Crippen MR) is 115 cm³/mol. The summed E-state index contributed by atoms with van der Waals surface area (Å²) in [5.74, 6) is 2.28. The van der Waals surface area contributed by atoms with Crippen LogP contribution in [0.4, 0.5) is 5.69 Å². The van der Waals surface area contributed by atoms with E-state index in [1.165, 1.54) is 0 Å². The highest BCUT2D eigenvalue weighted by molar-refractivity contribution is 6.34. The molecule has 1 unspecified atom stereocenters. The van der Waals surface area contributed by atoms with Gasteiger partial charge in [-0.1, -0.05) is 48.1 Å². The summed E-state index contributed by atoms with van der Waals surface area (Å²) in [7, 11) is 0. The third-order valence-corrected chi connectivity index (χ3v) is 6.78. The lowest BCUT2D eigenvalue weighted by molar-refractivity contribution is 0.283. The van der Waals surface area contributed by atoms with E-state index in [-0.39, 0.29) is 5.56 Å². The number of aryl methyl sites for hydroxylation is 1. The fourth-order valence-electron chi connectivity index (χ4n) is 4.15. The molecule has 7 heteroatoms. The van der Waals surface area contributed by atoms with E-state index in [1.807, 2.05) is 12.3 Å². The summed E-state index contributed by atoms with van der Waals surface area (Å²) in [4.78, 5) is 14.7. The summed E-state index contributed by atoms with van der Waals surface area (Å²) in [5.41, 5.74) is 0.757. The maximum absolute atomic E-state index is 12.5. The van der Waals surface area contributed by atoms with Gasteiger partial charge in [-0.25, -0.2) is 0 Å². The van der Waals surface area contributed by atoms with Gasteiger partial charge in [0.2, 0.25) is 0 Å². The molecule has 1 aliphatic carbocycles. The van der Waals surface area contributed by atoms with Gasteiger partial charge in [0.15, 0.2) is 0 Å². The van der Waals surface area contributed by atoms with Crippen LogP contribution in [0.2, 0.25) is 15.1 Å². The minimum Gasteiger partial charge on any atom is -0.492 e. The van der Waals surface area contributed by atoms with Gasteiger partial charge in [0.05, 0.1) is 17.3 Å². The summed E-state index contributed by atoms with van der Waals surface area (Å²) in [6.45, 7) is 5.26. The van der Waals surface area contributed by atoms with Crippen molar-refractivity contribution < 1.29 is 4.74 Å². The fourth-order valence-corrected chi connectivity index (χ4v) is 4.78. The summed E-state index contributed by atoms with van der Waals surface area (Å²) in [6.07, 6.45) is 3.89. The van der Waals surface area contributed by atoms with Crippen LogP contribution in [0.1, 0.15) is 19.8 Å². The van der Waals surface area contributed by atoms with E-state index < -0.39 is 0 Å². The lowest BCUT2D eigenvalue weighted by atomic mass is 10.2. The zero-order valence-electron chi connectivity index (χ0n) is 15.7. The van der Waals surface area contributed by atoms with E-state index >= 15 is 0 Å². The Kier molecular flexibility index (Phi) is 5.82. The van der Waals surface area contributed by atoms with Gasteiger partial charge in [0, 0.05) is 42.8 Å². The zero-order chi connectivity index (χ0) is 19.8. The van der Waals surface area contributed by atoms with Crippen LogP contribution < -0.4 is 15.2 Å². The second-order valence-electron chi connectivity index (χ2n) is 7.65. The molecule has 0 radical (unpaired) electrons. The number of pyridine rings is 1. The average Bonchev–Trinajstić information content (AvgIpc) is 3.13. The molecule has 1 aromatic heterocycles. The SMILES string of the molecule is CCCCn1ccc(N2C[C@@H]3C(COc4cc(Cl)ccc4Cl)[C@@H]3C2)c(Cl)c1=O. The predicted octanol–water partition coefficient (Wildman–Crippen LogP) is 5.37. The van der Waals surface area contributed by atoms with Crippen molar-refractivity contribution in [2.75, 3.05) is 24.6 Å². The molecule has 0 spiro atoms. The second kappa shape index (κ2) is 8.17. The molecule has 2 aliphatic rings. The number of aromatic nitrogens is 1. The Balaban J connectivity index is 1.35. The largest absolute Gasteiger partial charge is 0.492 e. The van der Waals surface area contributed by atoms with Crippen LogP contribution in [-0.2, 0) is 6.54 Å². The number of fused-ring (bicyclic) bond motifs is 1. The van der Waals surface area contributed by atoms with Gasteiger partial charge in [-0.05, 0) is 36.5 Å². The van der Waals surface area contributed by atoms with Gasteiger partial charge in [-0.3, -0.25) is 4.79 Å². The Hall–Kier alpha value is -1.36. The Morgan fingerprint density at radius 1 is 1.14 bits per heavy atom. The molecule has 3 atom stereocenters. The molecule has 150 valence electrons. The van der Waals surface area contributed by atoms with Crippen LogP contribution in [0.15, 0.2) is 35.3 Å². The highest BCUT2D eigenvalue weighted by atomic mass is 35.5. The summed E-state index contributed by atoms with van der Waals surface area (Å²) >= 11 is 18.6. The molecule has 28 heavy (non-hydrogen) atoms. The van der Waals surface area contributed by atoms with Crippen molar-refractivity contribution >= 4 is 40.5 Å². The molecule has 4 nitrogen and oxygen atoms in total. The number of rotatable bonds is 7. The van der Waals surface area contributed by atoms with Gasteiger partial charge in [0.25, 0.3) is 5.56 Å². The van der Waals surface area contributed by atoms with E-state index in [4.69, 9.17) is 39.5 Å². The van der Waals surface area contributed by atoms with Gasteiger partial charge >= 0.3 is 0 Å². The van der Waals surface area contributed by atoms with Crippen molar-refractivity contribution in [1.29, 1.82) is 0 Å². The number of benzene rings is 1. The van der Waals surface area contributed by atoms with Crippen molar-refractivity contribution in [2.45, 2.75) is 26.3 Å². The number of hydrogen-bond acceptors (Lipinski definition) is 3. The monoisotopic (exact) mass is 440 g/mol. The maximum atomic E-state index is 12.5. The number of ether oxygens (including phenoxy) is 1. The first-order valence-electron chi connectivity index (χ1n) is 9.71. The Morgan fingerprint density at radius 3 is 2.61 bits per heavy atom. The number of anilines is 1. The highest BCUT2D eigenvalue weighted by Gasteiger charge is 2.56. The lowest BCUT2D eigenvalue weighted by Gasteiger charge is -2.23. The lowest BCUT2D eigenvalue weighted by Crippen LogP contribution is -2.29. The summed E-state index contributed by atoms with van der Waals surface area (Å²) < 4.78 is 7.61. The van der Waals surface area contributed by atoms with Crippen LogP contribution in [0.25, 0.3) is 0 Å². The number of piperidine rings is 1. The van der Waals surface area contributed by atoms with E-state index in [0.717, 1.165) is 31.6 Å². The first-order chi connectivity index (χ1) is 13.5. The molecule has 0 amide bonds. The average molecular weight is 442 g/mol. The molecule has 1 saturated heterocycles. The minimum atomic E-state index is -0.0938. The van der Waals surface area contributed by atoms with Gasteiger partial charge in [-0.2, -0.15) is 0 Å². The van der Waals surface area contributed by atoms with E-state index in [2.05, 4.69) is 11.8 Å². The third kappa shape index (κ3) is 3.87. The topological polar surface area (TPSA) is 34.5 Å². The summed E-state index contributed by atoms with van der Waals surface area (Å²) in [6, 6.07) is 7.22. The van der Waals surface area contributed by atoms with Crippen LogP contribution >= 0.6 is 34.8 Å². The Morgan fingerprint density at radius 2 is 1.89 bits per heavy atom. The number of nitrogens with zero attached hydrogens (tertiary/aromatic N) is 2. The molecule has 0 bridgehead atoms. The molecule has 1 aliphatic heterocycles. The van der Waals surface area contributed by atoms with Crippen LogP contribution in [-0.4, -0.2) is 24.3 Å². The van der Waals surface area contributed by atoms with Crippen LogP contribution in [0.5, 0.6) is 5.75 Å². The second-order valence-corrected chi connectivity index (χ2v) is 8.87. The van der Waals surface area contributed by atoms with Gasteiger partial charge in [-0.15, -0.1) is 0 Å². The highest BCUT2D eigenvalue weighted by Crippen LogP contribution is 2.53. The normalized spacial score (nSPS) is 23.0. The standard InChI is InChI=1S/C21H23Cl3N2O2/c1-2-3-7-25-8-6-18(20(24)21(25)27)26-10-14-15(11-26)16(14)12-28-19-9-13(22)4-5-17(19)23/h4-6,8-9,14-16H,2-3,7,10-12H2,1H3/t14-,15+,16?. The van der Waals surface area contributed by atoms with Crippen molar-refractivity contribution in [2.24, 2.45) is 17.8 Å². The number of halogens is 3. The van der Waals surface area contributed by atoms with Crippen LogP contribution in [0.3, 0.4) is 0 Å². The molecule has 4 rings (SSSR count). The molecule has 1 saturated carbocycles. The van der Waals surface area contributed by atoms with Crippen LogP contribution in [0, 0.1) is 17.8 Å². The summed E-state index contributed by atoms with van der Waals surface area (Å²) in [5, 5.41) is 1.52. The van der Waals surface area contributed by atoms with Crippen molar-refractivity contribution in [3.05, 3.63) is 55.9 Å². The third-order valence-electron chi connectivity index (χ3n) is 5.88. The zero-order valence-corrected chi connectivity index (χ0v) is 18.0. The quantitative estimate of drug-likeness (QED) is 0.579. The number of unbranched alkanes of at least 4 members (excludes halogenated alkanes) is 1. The molecular formula is C21H23Cl3N2O2. The molecule has 0 N–H and O–H groups in total. The molecular weight excluding hydrogens is 419 g/mol. The smallest absolute Gasteiger partial charge is 0.271 e. The molecule has 2 aromatic rings. The Labute approximate surface area is 180 Å². The van der Waals surface area contributed by atoms with E-state index in [9.17, 15) is 4.79 Å². The van der Waals surface area contributed by atoms with E-state index in [1.54, 1.807) is 22.8 Å². The molecule has 1 aromatic carbocycles. The van der Waals surface area contributed by atoms with Gasteiger partial charge in [0.1, 0.15) is 10.8 Å². The maximum Gasteiger partial charge on any atom is 0.271 e. The van der Waals surface area contributed by atoms with Crippen molar-refractivity contribution in [3.8, 4) is 5.75 Å². The first kappa shape index (κ1) is 19.9. The van der Waals surface area contributed by atoms with Crippen molar-refractivity contribution in [1.82, 2.24) is 4.57 Å². The van der Waals surface area contributed by atoms with E-state index in [0.29, 0.717) is 51.7 Å². The Bertz CT molecular complexity index is 918. The van der Waals surface area contributed by atoms with Crippen molar-refractivity contribution in [3.63, 3.8) is 0 Å². The minimum absolute atomic E-state index is 0.0938. The molecule has 2 fully saturated rings. The fraction of sp³-hybridized carbons (Fsp3) is 0.476. The number of hydrogen-bond donors (Lipinski definition) is 0. The van der Waals surface area contributed by atoms with Gasteiger partial charge < -0.3 is 14.2 Å². The first-order valence-corrected chi connectivity index (χ1v) is 10.8.